The van der Waals surface area contributed by atoms with Crippen LogP contribution in [0, 0.1) is 6.92 Å². The van der Waals surface area contributed by atoms with E-state index in [1.54, 1.807) is 31.3 Å². The molecule has 1 amide bonds. The number of aryl methyl sites for hydroxylation is 1. The summed E-state index contributed by atoms with van der Waals surface area (Å²) in [4.78, 5) is 21.0. The molecule has 128 valence electrons. The summed E-state index contributed by atoms with van der Waals surface area (Å²) in [5, 5.41) is 5.77. The number of hydrogen-bond donors (Lipinski definition) is 1. The van der Waals surface area contributed by atoms with Gasteiger partial charge in [-0.3, -0.25) is 15.1 Å². The van der Waals surface area contributed by atoms with Crippen molar-refractivity contribution in [2.24, 2.45) is 0 Å². The fraction of sp³-hybridized carbons (Fsp3) is 0.167. The van der Waals surface area contributed by atoms with Gasteiger partial charge in [-0.2, -0.15) is 0 Å². The molecular formula is C18H16ClN3O2S. The quantitative estimate of drug-likeness (QED) is 0.711. The molecule has 0 unspecified atom stereocenters. The molecule has 0 saturated carbocycles. The van der Waals surface area contributed by atoms with Crippen molar-refractivity contribution in [3.05, 3.63) is 58.6 Å². The van der Waals surface area contributed by atoms with Gasteiger partial charge in [-0.1, -0.05) is 17.7 Å². The number of ether oxygens (including phenoxy) is 1. The first-order valence-corrected chi connectivity index (χ1v) is 8.89. The summed E-state index contributed by atoms with van der Waals surface area (Å²) in [7, 11) is 0. The van der Waals surface area contributed by atoms with Crippen molar-refractivity contribution in [3.8, 4) is 17.1 Å². The van der Waals surface area contributed by atoms with Crippen LogP contribution in [0.15, 0.2) is 48.0 Å². The number of pyridine rings is 1. The molecule has 0 saturated heterocycles. The molecule has 1 atom stereocenters. The molecule has 25 heavy (non-hydrogen) atoms. The highest BCUT2D eigenvalue weighted by Gasteiger charge is 2.17. The summed E-state index contributed by atoms with van der Waals surface area (Å²) >= 11 is 7.27. The Morgan fingerprint density at radius 1 is 1.28 bits per heavy atom. The van der Waals surface area contributed by atoms with E-state index in [1.165, 1.54) is 11.3 Å². The van der Waals surface area contributed by atoms with Gasteiger partial charge in [0.05, 0.1) is 5.69 Å². The summed E-state index contributed by atoms with van der Waals surface area (Å²) in [5.41, 5.74) is 2.36. The topological polar surface area (TPSA) is 64.1 Å². The molecule has 2 heterocycles. The summed E-state index contributed by atoms with van der Waals surface area (Å²) in [6.45, 7) is 3.57. The van der Waals surface area contributed by atoms with Crippen molar-refractivity contribution < 1.29 is 9.53 Å². The highest BCUT2D eigenvalue weighted by molar-refractivity contribution is 7.14. The van der Waals surface area contributed by atoms with Gasteiger partial charge in [0.15, 0.2) is 11.2 Å². The molecule has 0 spiro atoms. The van der Waals surface area contributed by atoms with E-state index in [1.807, 2.05) is 30.5 Å². The number of aromatic nitrogens is 2. The van der Waals surface area contributed by atoms with Gasteiger partial charge in [-0.25, -0.2) is 4.98 Å². The molecule has 5 nitrogen and oxygen atoms in total. The van der Waals surface area contributed by atoms with Gasteiger partial charge in [0.1, 0.15) is 11.4 Å². The maximum Gasteiger partial charge on any atom is 0.266 e. The molecule has 7 heteroatoms. The highest BCUT2D eigenvalue weighted by atomic mass is 35.5. The minimum absolute atomic E-state index is 0.267. The van der Waals surface area contributed by atoms with E-state index in [0.717, 1.165) is 17.0 Å². The van der Waals surface area contributed by atoms with Crippen LogP contribution >= 0.6 is 22.9 Å². The molecule has 0 radical (unpaired) electrons. The third-order valence-corrected chi connectivity index (χ3v) is 4.46. The molecule has 0 aliphatic heterocycles. The van der Waals surface area contributed by atoms with Crippen LogP contribution < -0.4 is 10.1 Å². The Kier molecular flexibility index (Phi) is 5.31. The summed E-state index contributed by atoms with van der Waals surface area (Å²) in [6.07, 6.45) is 1.04. The van der Waals surface area contributed by atoms with Gasteiger partial charge < -0.3 is 4.74 Å². The average Bonchev–Trinajstić information content (AvgIpc) is 3.06. The Labute approximate surface area is 154 Å². The van der Waals surface area contributed by atoms with Crippen LogP contribution in [0.25, 0.3) is 11.4 Å². The van der Waals surface area contributed by atoms with Gasteiger partial charge in [0, 0.05) is 16.6 Å². The molecule has 3 aromatic rings. The van der Waals surface area contributed by atoms with Gasteiger partial charge >= 0.3 is 0 Å². The predicted molar refractivity (Wildman–Crippen MR) is 100 cm³/mol. The zero-order chi connectivity index (χ0) is 17.8. The van der Waals surface area contributed by atoms with Crippen LogP contribution in [0.4, 0.5) is 5.13 Å². The summed E-state index contributed by atoms with van der Waals surface area (Å²) < 4.78 is 5.72. The van der Waals surface area contributed by atoms with Crippen molar-refractivity contribution in [3.63, 3.8) is 0 Å². The van der Waals surface area contributed by atoms with E-state index in [-0.39, 0.29) is 5.91 Å². The first kappa shape index (κ1) is 17.4. The van der Waals surface area contributed by atoms with E-state index in [9.17, 15) is 4.79 Å². The lowest BCUT2D eigenvalue weighted by atomic mass is 10.2. The standard InChI is InChI=1S/C18H16ClN3O2S/c1-11-9-13(19)6-7-16(11)24-12(2)17(23)22-18-21-15(10-25-18)14-5-3-4-8-20-14/h3-10,12H,1-2H3,(H,21,22,23)/t12-/m0/s1. The number of thiazole rings is 1. The molecular weight excluding hydrogens is 358 g/mol. The monoisotopic (exact) mass is 373 g/mol. The van der Waals surface area contributed by atoms with Crippen molar-refractivity contribution in [2.45, 2.75) is 20.0 Å². The Bertz CT molecular complexity index is 883. The first-order valence-electron chi connectivity index (χ1n) is 7.63. The first-order chi connectivity index (χ1) is 12.0. The number of benzene rings is 1. The lowest BCUT2D eigenvalue weighted by Crippen LogP contribution is -2.30. The number of carbonyl (C=O) groups is 1. The second kappa shape index (κ2) is 7.63. The minimum atomic E-state index is -0.665. The van der Waals surface area contributed by atoms with E-state index in [0.29, 0.717) is 15.9 Å². The van der Waals surface area contributed by atoms with Crippen molar-refractivity contribution in [1.82, 2.24) is 9.97 Å². The fourth-order valence-corrected chi connectivity index (χ4v) is 3.09. The van der Waals surface area contributed by atoms with Crippen molar-refractivity contribution in [2.75, 3.05) is 5.32 Å². The van der Waals surface area contributed by atoms with Crippen LogP contribution in [-0.4, -0.2) is 22.0 Å². The molecule has 1 N–H and O–H groups in total. The van der Waals surface area contributed by atoms with Gasteiger partial charge in [-0.05, 0) is 49.7 Å². The molecule has 0 bridgehead atoms. The van der Waals surface area contributed by atoms with Crippen molar-refractivity contribution >= 4 is 34.0 Å². The number of carbonyl (C=O) groups excluding carboxylic acids is 1. The maximum absolute atomic E-state index is 12.3. The smallest absolute Gasteiger partial charge is 0.266 e. The number of rotatable bonds is 5. The number of amides is 1. The Balaban J connectivity index is 1.65. The second-order valence-corrected chi connectivity index (χ2v) is 6.71. The van der Waals surface area contributed by atoms with Crippen LogP contribution in [0.2, 0.25) is 5.02 Å². The lowest BCUT2D eigenvalue weighted by Gasteiger charge is -2.15. The second-order valence-electron chi connectivity index (χ2n) is 5.41. The van der Waals surface area contributed by atoms with E-state index >= 15 is 0 Å². The van der Waals surface area contributed by atoms with Crippen LogP contribution in [-0.2, 0) is 4.79 Å². The zero-order valence-electron chi connectivity index (χ0n) is 13.7. The Morgan fingerprint density at radius 2 is 2.12 bits per heavy atom. The van der Waals surface area contributed by atoms with E-state index < -0.39 is 6.10 Å². The number of hydrogen-bond acceptors (Lipinski definition) is 5. The average molecular weight is 374 g/mol. The fourth-order valence-electron chi connectivity index (χ4n) is 2.16. The predicted octanol–water partition coefficient (Wildman–Crippen LogP) is 4.57. The number of nitrogens with zero attached hydrogens (tertiary/aromatic N) is 2. The van der Waals surface area contributed by atoms with E-state index in [4.69, 9.17) is 16.3 Å². The third kappa shape index (κ3) is 4.35. The Morgan fingerprint density at radius 3 is 2.84 bits per heavy atom. The molecule has 3 rings (SSSR count). The van der Waals surface area contributed by atoms with Crippen molar-refractivity contribution in [1.29, 1.82) is 0 Å². The number of anilines is 1. The normalized spacial score (nSPS) is 11.8. The molecule has 1 aromatic carbocycles. The number of halogens is 1. The summed E-state index contributed by atoms with van der Waals surface area (Å²) in [5.74, 6) is 0.358. The Hall–Kier alpha value is -2.44. The minimum Gasteiger partial charge on any atom is -0.481 e. The summed E-state index contributed by atoms with van der Waals surface area (Å²) in [6, 6.07) is 10.9. The van der Waals surface area contributed by atoms with Gasteiger partial charge in [0.2, 0.25) is 0 Å². The van der Waals surface area contributed by atoms with Crippen LogP contribution in [0.3, 0.4) is 0 Å². The van der Waals surface area contributed by atoms with Crippen LogP contribution in [0.5, 0.6) is 5.75 Å². The zero-order valence-corrected chi connectivity index (χ0v) is 15.3. The SMILES string of the molecule is Cc1cc(Cl)ccc1O[C@@H](C)C(=O)Nc1nc(-c2ccccn2)cs1. The van der Waals surface area contributed by atoms with Gasteiger partial charge in [0.25, 0.3) is 5.91 Å². The largest absolute Gasteiger partial charge is 0.481 e. The highest BCUT2D eigenvalue weighted by Crippen LogP contribution is 2.25. The maximum atomic E-state index is 12.3. The molecule has 2 aromatic heterocycles. The van der Waals surface area contributed by atoms with E-state index in [2.05, 4.69) is 15.3 Å². The van der Waals surface area contributed by atoms with Crippen LogP contribution in [0.1, 0.15) is 12.5 Å². The number of nitrogens with one attached hydrogen (secondary N) is 1. The third-order valence-electron chi connectivity index (χ3n) is 3.47. The van der Waals surface area contributed by atoms with Gasteiger partial charge in [-0.15, -0.1) is 11.3 Å². The molecule has 0 aliphatic rings. The molecule has 0 fully saturated rings. The molecule has 0 aliphatic carbocycles. The lowest BCUT2D eigenvalue weighted by molar-refractivity contribution is -0.122.